The number of rotatable bonds is 5. The number of aromatic nitrogens is 1. The molecular formula is C12H15N3O3S2. The van der Waals surface area contributed by atoms with Gasteiger partial charge in [0.25, 0.3) is 0 Å². The fourth-order valence-electron chi connectivity index (χ4n) is 1.67. The number of aryl methyl sites for hydroxylation is 1. The lowest BCUT2D eigenvalue weighted by molar-refractivity contribution is 0.416. The van der Waals surface area contributed by atoms with Crippen molar-refractivity contribution >= 4 is 27.0 Å². The van der Waals surface area contributed by atoms with Gasteiger partial charge in [0, 0.05) is 11.1 Å². The first kappa shape index (κ1) is 14.8. The highest BCUT2D eigenvalue weighted by Gasteiger charge is 2.12. The summed E-state index contributed by atoms with van der Waals surface area (Å²) in [6, 6.07) is 4.44. The van der Waals surface area contributed by atoms with Crippen molar-refractivity contribution in [3.8, 4) is 5.75 Å². The fraction of sp³-hybridized carbons (Fsp3) is 0.250. The number of ether oxygens (including phenoxy) is 1. The first-order valence-corrected chi connectivity index (χ1v) is 8.12. The van der Waals surface area contributed by atoms with Gasteiger partial charge in [0.15, 0.2) is 0 Å². The molecule has 108 valence electrons. The lowest BCUT2D eigenvalue weighted by Crippen LogP contribution is -2.12. The first-order chi connectivity index (χ1) is 9.40. The highest BCUT2D eigenvalue weighted by Crippen LogP contribution is 2.28. The van der Waals surface area contributed by atoms with Crippen LogP contribution in [0.5, 0.6) is 5.75 Å². The topological polar surface area (TPSA) is 94.3 Å². The van der Waals surface area contributed by atoms with E-state index in [2.05, 4.69) is 10.3 Å². The van der Waals surface area contributed by atoms with Crippen LogP contribution >= 0.6 is 11.3 Å². The van der Waals surface area contributed by atoms with Gasteiger partial charge in [-0.1, -0.05) is 0 Å². The lowest BCUT2D eigenvalue weighted by atomic mass is 10.3. The van der Waals surface area contributed by atoms with Crippen molar-refractivity contribution in [2.45, 2.75) is 18.4 Å². The molecule has 0 aliphatic heterocycles. The molecule has 0 atom stereocenters. The third kappa shape index (κ3) is 3.47. The molecule has 0 saturated heterocycles. The van der Waals surface area contributed by atoms with Gasteiger partial charge in [-0.05, 0) is 25.1 Å². The van der Waals surface area contributed by atoms with Gasteiger partial charge in [-0.25, -0.2) is 18.5 Å². The number of primary sulfonamides is 1. The second-order valence-electron chi connectivity index (χ2n) is 4.11. The van der Waals surface area contributed by atoms with Crippen molar-refractivity contribution in [2.24, 2.45) is 5.14 Å². The fourth-order valence-corrected chi connectivity index (χ4v) is 2.95. The number of hydrogen-bond donors (Lipinski definition) is 2. The molecule has 0 amide bonds. The summed E-state index contributed by atoms with van der Waals surface area (Å²) in [5.41, 5.74) is 0.574. The zero-order valence-electron chi connectivity index (χ0n) is 11.1. The number of anilines is 1. The van der Waals surface area contributed by atoms with Crippen molar-refractivity contribution in [2.75, 3.05) is 12.4 Å². The summed E-state index contributed by atoms with van der Waals surface area (Å²) in [4.78, 5) is 5.25. The maximum Gasteiger partial charge on any atom is 0.238 e. The van der Waals surface area contributed by atoms with Crippen LogP contribution in [0.3, 0.4) is 0 Å². The van der Waals surface area contributed by atoms with E-state index in [1.54, 1.807) is 23.6 Å². The predicted octanol–water partition coefficient (Wildman–Crippen LogP) is 1.72. The second-order valence-corrected chi connectivity index (χ2v) is 6.99. The maximum absolute atomic E-state index is 11.4. The average Bonchev–Trinajstić information content (AvgIpc) is 2.80. The van der Waals surface area contributed by atoms with Crippen LogP contribution < -0.4 is 15.2 Å². The Morgan fingerprint density at radius 2 is 2.20 bits per heavy atom. The Balaban J connectivity index is 2.24. The molecular weight excluding hydrogens is 298 g/mol. The van der Waals surface area contributed by atoms with Crippen molar-refractivity contribution in [1.82, 2.24) is 4.98 Å². The normalized spacial score (nSPS) is 11.3. The third-order valence-corrected chi connectivity index (χ3v) is 4.45. The molecule has 0 spiro atoms. The van der Waals surface area contributed by atoms with Gasteiger partial charge < -0.3 is 10.1 Å². The Hall–Kier alpha value is -1.64. The Kier molecular flexibility index (Phi) is 4.26. The van der Waals surface area contributed by atoms with Gasteiger partial charge in [0.2, 0.25) is 10.0 Å². The van der Waals surface area contributed by atoms with E-state index in [9.17, 15) is 8.42 Å². The van der Waals surface area contributed by atoms with E-state index in [-0.39, 0.29) is 4.90 Å². The standard InChI is InChI=1S/C12H15N3O3S2/c1-8-14-6-9(19-8)7-15-11-5-10(20(13,16)17)3-4-12(11)18-2/h3-6,15H,7H2,1-2H3,(H2,13,16,17). The van der Waals surface area contributed by atoms with E-state index in [0.29, 0.717) is 18.0 Å². The Morgan fingerprint density at radius 1 is 1.45 bits per heavy atom. The van der Waals surface area contributed by atoms with Crippen LogP contribution in [0.2, 0.25) is 0 Å². The van der Waals surface area contributed by atoms with Gasteiger partial charge >= 0.3 is 0 Å². The van der Waals surface area contributed by atoms with Crippen molar-refractivity contribution in [1.29, 1.82) is 0 Å². The number of thiazole rings is 1. The highest BCUT2D eigenvalue weighted by atomic mass is 32.2. The van der Waals surface area contributed by atoms with Crippen LogP contribution in [0, 0.1) is 6.92 Å². The zero-order valence-corrected chi connectivity index (χ0v) is 12.7. The molecule has 0 unspecified atom stereocenters. The molecule has 0 aliphatic carbocycles. The van der Waals surface area contributed by atoms with Crippen LogP contribution in [-0.2, 0) is 16.6 Å². The van der Waals surface area contributed by atoms with Crippen molar-refractivity contribution in [3.05, 3.63) is 34.3 Å². The molecule has 20 heavy (non-hydrogen) atoms. The van der Waals surface area contributed by atoms with E-state index in [4.69, 9.17) is 9.88 Å². The first-order valence-electron chi connectivity index (χ1n) is 5.76. The lowest BCUT2D eigenvalue weighted by Gasteiger charge is -2.11. The molecule has 1 aromatic heterocycles. The molecule has 0 saturated carbocycles. The summed E-state index contributed by atoms with van der Waals surface area (Å²) in [6.45, 7) is 2.46. The molecule has 1 heterocycles. The molecule has 3 N–H and O–H groups in total. The van der Waals surface area contributed by atoms with Gasteiger partial charge in [-0.15, -0.1) is 11.3 Å². The van der Waals surface area contributed by atoms with E-state index in [0.717, 1.165) is 9.88 Å². The molecule has 2 rings (SSSR count). The number of benzene rings is 1. The largest absolute Gasteiger partial charge is 0.495 e. The Bertz CT molecular complexity index is 710. The number of methoxy groups -OCH3 is 1. The number of sulfonamides is 1. The SMILES string of the molecule is COc1ccc(S(N)(=O)=O)cc1NCc1cnc(C)s1. The second kappa shape index (κ2) is 5.78. The van der Waals surface area contributed by atoms with E-state index < -0.39 is 10.0 Å². The molecule has 1 aromatic carbocycles. The molecule has 0 fully saturated rings. The number of nitrogens with one attached hydrogen (secondary N) is 1. The van der Waals surface area contributed by atoms with Gasteiger partial charge in [-0.2, -0.15) is 0 Å². The van der Waals surface area contributed by atoms with Crippen LogP contribution in [0.15, 0.2) is 29.3 Å². The number of nitrogens with two attached hydrogens (primary N) is 1. The average molecular weight is 313 g/mol. The highest BCUT2D eigenvalue weighted by molar-refractivity contribution is 7.89. The van der Waals surface area contributed by atoms with Crippen molar-refractivity contribution < 1.29 is 13.2 Å². The Morgan fingerprint density at radius 3 is 2.75 bits per heavy atom. The van der Waals surface area contributed by atoms with Crippen LogP contribution in [-0.4, -0.2) is 20.5 Å². The summed E-state index contributed by atoms with van der Waals surface area (Å²) in [5.74, 6) is 0.554. The zero-order chi connectivity index (χ0) is 14.8. The van der Waals surface area contributed by atoms with E-state index in [1.165, 1.54) is 19.2 Å². The number of hydrogen-bond acceptors (Lipinski definition) is 6. The molecule has 6 nitrogen and oxygen atoms in total. The van der Waals surface area contributed by atoms with Crippen LogP contribution in [0.25, 0.3) is 0 Å². The van der Waals surface area contributed by atoms with Gasteiger partial charge in [0.05, 0.1) is 29.2 Å². The summed E-state index contributed by atoms with van der Waals surface area (Å²) in [7, 11) is -2.21. The van der Waals surface area contributed by atoms with Crippen LogP contribution in [0.1, 0.15) is 9.88 Å². The van der Waals surface area contributed by atoms with E-state index >= 15 is 0 Å². The number of nitrogens with zero attached hydrogens (tertiary/aromatic N) is 1. The summed E-state index contributed by atoms with van der Waals surface area (Å²) < 4.78 is 27.9. The van der Waals surface area contributed by atoms with E-state index in [1.807, 2.05) is 6.92 Å². The third-order valence-electron chi connectivity index (χ3n) is 2.62. The quantitative estimate of drug-likeness (QED) is 0.876. The minimum absolute atomic E-state index is 0.0429. The van der Waals surface area contributed by atoms with Gasteiger partial charge in [-0.3, -0.25) is 0 Å². The molecule has 2 aromatic rings. The summed E-state index contributed by atoms with van der Waals surface area (Å²) in [5, 5.41) is 9.23. The molecule has 0 radical (unpaired) electrons. The van der Waals surface area contributed by atoms with Crippen molar-refractivity contribution in [3.63, 3.8) is 0 Å². The minimum atomic E-state index is -3.73. The molecule has 0 bridgehead atoms. The monoisotopic (exact) mass is 313 g/mol. The Labute approximate surface area is 121 Å². The smallest absolute Gasteiger partial charge is 0.238 e. The summed E-state index contributed by atoms with van der Waals surface area (Å²) in [6.07, 6.45) is 1.78. The molecule has 8 heteroatoms. The molecule has 0 aliphatic rings. The summed E-state index contributed by atoms with van der Waals surface area (Å²) >= 11 is 1.57. The minimum Gasteiger partial charge on any atom is -0.495 e. The predicted molar refractivity (Wildman–Crippen MR) is 78.5 cm³/mol. The van der Waals surface area contributed by atoms with Gasteiger partial charge in [0.1, 0.15) is 5.75 Å². The maximum atomic E-state index is 11.4. The van der Waals surface area contributed by atoms with Crippen LogP contribution in [0.4, 0.5) is 5.69 Å².